The first-order chi connectivity index (χ1) is 10.1. The van der Waals surface area contributed by atoms with Gasteiger partial charge in [0.25, 0.3) is 0 Å². The van der Waals surface area contributed by atoms with Gasteiger partial charge in [-0.25, -0.2) is 0 Å². The van der Waals surface area contributed by atoms with Crippen LogP contribution < -0.4 is 5.30 Å². The van der Waals surface area contributed by atoms with Crippen LogP contribution >= 0.6 is 6.26 Å². The third-order valence-electron chi connectivity index (χ3n) is 3.30. The van der Waals surface area contributed by atoms with Gasteiger partial charge >= 0.3 is 0 Å². The summed E-state index contributed by atoms with van der Waals surface area (Å²) in [6.07, 6.45) is -2.55. The molecule has 0 radical (unpaired) electrons. The molecule has 110 valence electrons. The van der Waals surface area contributed by atoms with Gasteiger partial charge in [-0.2, -0.15) is 0 Å². The van der Waals surface area contributed by atoms with Crippen LogP contribution in [0.4, 0.5) is 0 Å². The van der Waals surface area contributed by atoms with E-state index in [-0.39, 0.29) is 11.5 Å². The number of nitro groups is 1. The van der Waals surface area contributed by atoms with Crippen molar-refractivity contribution in [3.8, 4) is 0 Å². The second-order valence-electron chi connectivity index (χ2n) is 4.56. The third kappa shape index (κ3) is 3.56. The highest BCUT2D eigenvalue weighted by Gasteiger charge is 2.35. The second-order valence-corrected chi connectivity index (χ2v) is 8.88. The summed E-state index contributed by atoms with van der Waals surface area (Å²) < 4.78 is 5.66. The number of hydrogen-bond acceptors (Lipinski definition) is 4. The molecule has 2 unspecified atom stereocenters. The van der Waals surface area contributed by atoms with Crippen LogP contribution in [0.5, 0.6) is 0 Å². The summed E-state index contributed by atoms with van der Waals surface area (Å²) in [6.45, 7) is -0.232. The molecule has 0 aromatic heterocycles. The molecule has 4 nitrogen and oxygen atoms in total. The standard InChI is InChI=1S/C15H16NO3PS/c1-19-20(21,14-10-6-3-7-11-14)15(12-16(17)18)13-8-4-2-5-9-13/h2-11,15H,12H2,1H3. The van der Waals surface area contributed by atoms with Crippen molar-refractivity contribution in [1.82, 2.24) is 0 Å². The molecule has 2 rings (SSSR count). The third-order valence-corrected chi connectivity index (χ3v) is 7.99. The number of hydrogen-bond donors (Lipinski definition) is 0. The first-order valence-corrected chi connectivity index (χ1v) is 9.24. The van der Waals surface area contributed by atoms with Gasteiger partial charge in [0.2, 0.25) is 6.54 Å². The monoisotopic (exact) mass is 321 g/mol. The molecule has 0 bridgehead atoms. The molecule has 21 heavy (non-hydrogen) atoms. The van der Waals surface area contributed by atoms with Crippen LogP contribution in [0.1, 0.15) is 11.2 Å². The van der Waals surface area contributed by atoms with Gasteiger partial charge < -0.3 is 4.52 Å². The topological polar surface area (TPSA) is 52.4 Å². The predicted molar refractivity (Wildman–Crippen MR) is 88.4 cm³/mol. The minimum Gasteiger partial charge on any atom is -0.349 e. The summed E-state index contributed by atoms with van der Waals surface area (Å²) in [7, 11) is 1.55. The SMILES string of the molecule is COP(=S)(c1ccccc1)C(C[N+](=O)[O-])c1ccccc1. The lowest BCUT2D eigenvalue weighted by atomic mass is 10.1. The average molecular weight is 321 g/mol. The summed E-state index contributed by atoms with van der Waals surface area (Å²) >= 11 is 5.78. The maximum atomic E-state index is 11.1. The Bertz CT molecular complexity index is 648. The minimum atomic E-state index is -2.55. The van der Waals surface area contributed by atoms with Crippen molar-refractivity contribution in [3.63, 3.8) is 0 Å². The number of nitrogens with zero attached hydrogens (tertiary/aromatic N) is 1. The van der Waals surface area contributed by atoms with Gasteiger partial charge in [-0.1, -0.05) is 72.5 Å². The van der Waals surface area contributed by atoms with E-state index in [1.807, 2.05) is 60.7 Å². The average Bonchev–Trinajstić information content (AvgIpc) is 2.53. The highest BCUT2D eigenvalue weighted by atomic mass is 32.4. The number of rotatable bonds is 6. The van der Waals surface area contributed by atoms with Crippen LogP contribution in [0.3, 0.4) is 0 Å². The first-order valence-electron chi connectivity index (χ1n) is 6.45. The summed E-state index contributed by atoms with van der Waals surface area (Å²) in [6, 6.07) is 18.8. The van der Waals surface area contributed by atoms with Crippen LogP contribution in [0.15, 0.2) is 60.7 Å². The molecule has 0 N–H and O–H groups in total. The molecule has 0 aliphatic heterocycles. The lowest BCUT2D eigenvalue weighted by Gasteiger charge is -2.28. The van der Waals surface area contributed by atoms with E-state index < -0.39 is 11.9 Å². The smallest absolute Gasteiger partial charge is 0.217 e. The van der Waals surface area contributed by atoms with Crippen molar-refractivity contribution < 1.29 is 9.45 Å². The largest absolute Gasteiger partial charge is 0.349 e. The van der Waals surface area contributed by atoms with Gasteiger partial charge in [0.15, 0.2) is 0 Å². The molecule has 0 spiro atoms. The molecule has 0 aliphatic carbocycles. The molecule has 6 heteroatoms. The van der Waals surface area contributed by atoms with Crippen molar-refractivity contribution in [3.05, 3.63) is 76.3 Å². The van der Waals surface area contributed by atoms with Crippen LogP contribution in [0.25, 0.3) is 0 Å². The molecule has 2 aromatic carbocycles. The van der Waals surface area contributed by atoms with E-state index in [4.69, 9.17) is 16.3 Å². The van der Waals surface area contributed by atoms with Crippen molar-refractivity contribution in [1.29, 1.82) is 0 Å². The molecule has 0 fully saturated rings. The Labute approximate surface area is 129 Å². The van der Waals surface area contributed by atoms with Gasteiger partial charge in [-0.15, -0.1) is 0 Å². The molecule has 2 aromatic rings. The summed E-state index contributed by atoms with van der Waals surface area (Å²) in [5.74, 6) is 0. The molecule has 2 atom stereocenters. The minimum absolute atomic E-state index is 0.232. The predicted octanol–water partition coefficient (Wildman–Crippen LogP) is 3.37. The maximum Gasteiger partial charge on any atom is 0.217 e. The maximum absolute atomic E-state index is 11.1. The van der Waals surface area contributed by atoms with Crippen molar-refractivity contribution in [2.75, 3.05) is 13.7 Å². The molecule has 0 saturated carbocycles. The fraction of sp³-hybridized carbons (Fsp3) is 0.200. The lowest BCUT2D eigenvalue weighted by Crippen LogP contribution is -2.19. The fourth-order valence-electron chi connectivity index (χ4n) is 2.27. The van der Waals surface area contributed by atoms with Crippen molar-refractivity contribution in [2.45, 2.75) is 5.66 Å². The van der Waals surface area contributed by atoms with Crippen LogP contribution in [0.2, 0.25) is 0 Å². The van der Waals surface area contributed by atoms with Crippen LogP contribution in [-0.2, 0) is 16.3 Å². The van der Waals surface area contributed by atoms with E-state index in [1.165, 1.54) is 0 Å². The molecule has 0 aliphatic rings. The highest BCUT2D eigenvalue weighted by molar-refractivity contribution is 8.16. The van der Waals surface area contributed by atoms with Gasteiger partial charge in [0.05, 0.1) is 0 Å². The Balaban J connectivity index is 2.53. The molecule has 0 saturated heterocycles. The van der Waals surface area contributed by atoms with Crippen molar-refractivity contribution >= 4 is 23.4 Å². The Morgan fingerprint density at radius 2 is 1.67 bits per heavy atom. The van der Waals surface area contributed by atoms with Crippen LogP contribution in [-0.4, -0.2) is 18.6 Å². The normalized spacial score (nSPS) is 15.1. The molecule has 0 heterocycles. The Hall–Kier alpha value is -1.55. The zero-order valence-corrected chi connectivity index (χ0v) is 13.3. The molecular weight excluding hydrogens is 305 g/mol. The zero-order chi connectivity index (χ0) is 15.3. The highest BCUT2D eigenvalue weighted by Crippen LogP contribution is 2.58. The first kappa shape index (κ1) is 15.8. The van der Waals surface area contributed by atoms with E-state index in [1.54, 1.807) is 7.11 Å². The Morgan fingerprint density at radius 3 is 2.14 bits per heavy atom. The zero-order valence-electron chi connectivity index (χ0n) is 11.6. The van der Waals surface area contributed by atoms with Gasteiger partial charge in [0, 0.05) is 17.3 Å². The summed E-state index contributed by atoms with van der Waals surface area (Å²) in [4.78, 5) is 10.8. The van der Waals surface area contributed by atoms with E-state index in [0.717, 1.165) is 10.9 Å². The number of benzene rings is 2. The van der Waals surface area contributed by atoms with E-state index in [2.05, 4.69) is 0 Å². The van der Waals surface area contributed by atoms with Gasteiger partial charge in [-0.3, -0.25) is 10.1 Å². The Morgan fingerprint density at radius 1 is 1.14 bits per heavy atom. The Kier molecular flexibility index (Phi) is 5.23. The van der Waals surface area contributed by atoms with E-state index in [0.29, 0.717) is 0 Å². The van der Waals surface area contributed by atoms with Gasteiger partial charge in [0.1, 0.15) is 11.9 Å². The second kappa shape index (κ2) is 6.94. The molecular formula is C15H16NO3PS. The lowest BCUT2D eigenvalue weighted by molar-refractivity contribution is -0.480. The summed E-state index contributed by atoms with van der Waals surface area (Å²) in [5, 5.41) is 12.0. The fourth-order valence-corrected chi connectivity index (χ4v) is 5.53. The summed E-state index contributed by atoms with van der Waals surface area (Å²) in [5.41, 5.74) is 0.416. The van der Waals surface area contributed by atoms with Crippen molar-refractivity contribution in [2.24, 2.45) is 0 Å². The molecule has 0 amide bonds. The van der Waals surface area contributed by atoms with Gasteiger partial charge in [-0.05, 0) is 5.56 Å². The van der Waals surface area contributed by atoms with E-state index in [9.17, 15) is 10.1 Å². The van der Waals surface area contributed by atoms with Crippen LogP contribution in [0, 0.1) is 10.1 Å². The van der Waals surface area contributed by atoms with E-state index >= 15 is 0 Å². The quantitative estimate of drug-likeness (QED) is 0.465.